The van der Waals surface area contributed by atoms with Crippen LogP contribution in [-0.2, 0) is 6.18 Å². The largest absolute Gasteiger partial charge is 0.433 e. The van der Waals surface area contributed by atoms with E-state index in [1.165, 1.54) is 12.1 Å². The van der Waals surface area contributed by atoms with Crippen LogP contribution in [-0.4, -0.2) is 40.4 Å². The smallest absolute Gasteiger partial charge is 0.418 e. The number of pyridine rings is 1. The minimum atomic E-state index is -4.82. The molecule has 1 aliphatic heterocycles. The first-order valence-electron chi connectivity index (χ1n) is 9.74. The van der Waals surface area contributed by atoms with Gasteiger partial charge in [-0.05, 0) is 44.1 Å². The number of aromatic nitrogens is 3. The second kappa shape index (κ2) is 8.69. The molecule has 1 aromatic carbocycles. The van der Waals surface area contributed by atoms with Gasteiger partial charge >= 0.3 is 12.8 Å². The molecular formula is C20H18F5N5O2. The first kappa shape index (κ1) is 21.9. The van der Waals surface area contributed by atoms with Gasteiger partial charge < -0.3 is 15.4 Å². The van der Waals surface area contributed by atoms with Crippen molar-refractivity contribution in [2.24, 2.45) is 0 Å². The molecule has 0 spiro atoms. The van der Waals surface area contributed by atoms with Crippen LogP contribution in [0.15, 0.2) is 36.7 Å². The van der Waals surface area contributed by atoms with E-state index in [0.717, 1.165) is 38.2 Å². The average Bonchev–Trinajstić information content (AvgIpc) is 3.16. The van der Waals surface area contributed by atoms with Crippen molar-refractivity contribution in [2.45, 2.75) is 31.7 Å². The number of anilines is 1. The third-order valence-corrected chi connectivity index (χ3v) is 5.10. The standard InChI is InChI=1S/C20H18F5N5O2/c21-19(22)32-16-9-14-11(10-30(29-14)12-3-6-26-7-4-12)8-15(16)28-18(31)17-13(20(23,24)25)2-1-5-27-17/h1-2,5,8-10,12,19,26H,3-4,6-7H2,(H,28,31). The molecule has 32 heavy (non-hydrogen) atoms. The van der Waals surface area contributed by atoms with Crippen molar-refractivity contribution in [3.8, 4) is 5.75 Å². The maximum atomic E-state index is 13.2. The first-order chi connectivity index (χ1) is 15.2. The zero-order valence-corrected chi connectivity index (χ0v) is 16.5. The predicted octanol–water partition coefficient (Wildman–Crippen LogP) is 4.23. The van der Waals surface area contributed by atoms with Crippen LogP contribution in [0.1, 0.15) is 34.9 Å². The Labute approximate surface area is 178 Å². The highest BCUT2D eigenvalue weighted by atomic mass is 19.4. The zero-order chi connectivity index (χ0) is 22.9. The Balaban J connectivity index is 1.70. The molecule has 0 unspecified atom stereocenters. The van der Waals surface area contributed by atoms with Crippen molar-refractivity contribution >= 4 is 22.5 Å². The Hall–Kier alpha value is -3.28. The molecule has 7 nitrogen and oxygen atoms in total. The lowest BCUT2D eigenvalue weighted by molar-refractivity contribution is -0.138. The minimum Gasteiger partial charge on any atom is -0.433 e. The van der Waals surface area contributed by atoms with Gasteiger partial charge in [-0.25, -0.2) is 0 Å². The summed E-state index contributed by atoms with van der Waals surface area (Å²) in [6.07, 6.45) is -0.416. The molecule has 0 bridgehead atoms. The fourth-order valence-electron chi connectivity index (χ4n) is 3.62. The topological polar surface area (TPSA) is 81.1 Å². The van der Waals surface area contributed by atoms with E-state index in [0.29, 0.717) is 17.0 Å². The second-order valence-corrected chi connectivity index (χ2v) is 7.23. The maximum Gasteiger partial charge on any atom is 0.418 e. The molecule has 0 atom stereocenters. The number of fused-ring (bicyclic) bond motifs is 1. The normalized spacial score (nSPS) is 15.3. The minimum absolute atomic E-state index is 0.115. The number of nitrogens with one attached hydrogen (secondary N) is 2. The number of alkyl halides is 5. The van der Waals surface area contributed by atoms with Gasteiger partial charge in [0.25, 0.3) is 5.91 Å². The number of rotatable bonds is 5. The van der Waals surface area contributed by atoms with E-state index < -0.39 is 35.7 Å². The summed E-state index contributed by atoms with van der Waals surface area (Å²) < 4.78 is 71.8. The van der Waals surface area contributed by atoms with E-state index in [9.17, 15) is 26.7 Å². The molecule has 12 heteroatoms. The van der Waals surface area contributed by atoms with Crippen LogP contribution in [0.25, 0.3) is 10.9 Å². The van der Waals surface area contributed by atoms with E-state index in [4.69, 9.17) is 0 Å². The summed E-state index contributed by atoms with van der Waals surface area (Å²) in [5.74, 6) is -1.62. The van der Waals surface area contributed by atoms with Gasteiger partial charge in [0.05, 0.1) is 22.8 Å². The van der Waals surface area contributed by atoms with Crippen molar-refractivity contribution in [1.29, 1.82) is 0 Å². The fourth-order valence-corrected chi connectivity index (χ4v) is 3.62. The Morgan fingerprint density at radius 2 is 2.00 bits per heavy atom. The van der Waals surface area contributed by atoms with Crippen LogP contribution in [0.5, 0.6) is 5.75 Å². The molecule has 1 amide bonds. The number of nitrogens with zero attached hydrogens (tertiary/aromatic N) is 3. The lowest BCUT2D eigenvalue weighted by Crippen LogP contribution is -2.29. The van der Waals surface area contributed by atoms with Crippen LogP contribution in [0.3, 0.4) is 0 Å². The van der Waals surface area contributed by atoms with Crippen LogP contribution < -0.4 is 15.4 Å². The van der Waals surface area contributed by atoms with Gasteiger partial charge in [0.15, 0.2) is 5.75 Å². The second-order valence-electron chi connectivity index (χ2n) is 7.23. The van der Waals surface area contributed by atoms with Crippen LogP contribution in [0.2, 0.25) is 0 Å². The summed E-state index contributed by atoms with van der Waals surface area (Å²) in [6.45, 7) is -1.59. The van der Waals surface area contributed by atoms with E-state index in [1.54, 1.807) is 10.9 Å². The Kier molecular flexibility index (Phi) is 5.96. The van der Waals surface area contributed by atoms with Crippen molar-refractivity contribution in [3.63, 3.8) is 0 Å². The van der Waals surface area contributed by atoms with Gasteiger partial charge in [-0.3, -0.25) is 14.5 Å². The van der Waals surface area contributed by atoms with E-state index in [2.05, 4.69) is 25.5 Å². The molecular weight excluding hydrogens is 437 g/mol. The van der Waals surface area contributed by atoms with Crippen LogP contribution in [0.4, 0.5) is 27.6 Å². The molecule has 2 aromatic heterocycles. The molecule has 3 aromatic rings. The number of benzene rings is 1. The SMILES string of the molecule is O=C(Nc1cc2cn(C3CCNCC3)nc2cc1OC(F)F)c1ncccc1C(F)(F)F. The summed E-state index contributed by atoms with van der Waals surface area (Å²) in [5.41, 5.74) is -1.99. The lowest BCUT2D eigenvalue weighted by Gasteiger charge is -2.22. The number of hydrogen-bond donors (Lipinski definition) is 2. The Morgan fingerprint density at radius 3 is 2.69 bits per heavy atom. The summed E-state index contributed by atoms with van der Waals surface area (Å²) in [6, 6.07) is 4.43. The highest BCUT2D eigenvalue weighted by molar-refractivity contribution is 6.06. The molecule has 0 radical (unpaired) electrons. The predicted molar refractivity (Wildman–Crippen MR) is 105 cm³/mol. The molecule has 2 N–H and O–H groups in total. The third kappa shape index (κ3) is 4.64. The Morgan fingerprint density at radius 1 is 1.25 bits per heavy atom. The van der Waals surface area contributed by atoms with Gasteiger partial charge in [-0.2, -0.15) is 27.1 Å². The highest BCUT2D eigenvalue weighted by Gasteiger charge is 2.36. The first-order valence-corrected chi connectivity index (χ1v) is 9.74. The third-order valence-electron chi connectivity index (χ3n) is 5.10. The molecule has 3 heterocycles. The van der Waals surface area contributed by atoms with Crippen LogP contribution in [0, 0.1) is 0 Å². The molecule has 1 fully saturated rings. The van der Waals surface area contributed by atoms with Gasteiger partial charge in [0.2, 0.25) is 0 Å². The summed E-state index contributed by atoms with van der Waals surface area (Å²) >= 11 is 0. The molecule has 0 aliphatic carbocycles. The highest BCUT2D eigenvalue weighted by Crippen LogP contribution is 2.34. The van der Waals surface area contributed by atoms with Crippen molar-refractivity contribution < 1.29 is 31.5 Å². The number of hydrogen-bond acceptors (Lipinski definition) is 5. The summed E-state index contributed by atoms with van der Waals surface area (Å²) in [5, 5.41) is 10.4. The van der Waals surface area contributed by atoms with Gasteiger partial charge in [0.1, 0.15) is 5.69 Å². The number of carbonyl (C=O) groups excluding carboxylic acids is 1. The quantitative estimate of drug-likeness (QED) is 0.563. The molecule has 0 saturated carbocycles. The number of piperidine rings is 1. The van der Waals surface area contributed by atoms with E-state index >= 15 is 0 Å². The molecule has 1 saturated heterocycles. The van der Waals surface area contributed by atoms with E-state index in [-0.39, 0.29) is 11.7 Å². The monoisotopic (exact) mass is 455 g/mol. The lowest BCUT2D eigenvalue weighted by atomic mass is 10.1. The fraction of sp³-hybridized carbons (Fsp3) is 0.350. The number of ether oxygens (including phenoxy) is 1. The number of carbonyl (C=O) groups is 1. The molecule has 170 valence electrons. The van der Waals surface area contributed by atoms with Gasteiger partial charge in [-0.15, -0.1) is 0 Å². The summed E-state index contributed by atoms with van der Waals surface area (Å²) in [7, 11) is 0. The van der Waals surface area contributed by atoms with Gasteiger partial charge in [-0.1, -0.05) is 0 Å². The molecule has 4 rings (SSSR count). The van der Waals surface area contributed by atoms with E-state index in [1.807, 2.05) is 0 Å². The van der Waals surface area contributed by atoms with Crippen molar-refractivity contribution in [1.82, 2.24) is 20.1 Å². The van der Waals surface area contributed by atoms with Crippen molar-refractivity contribution in [3.05, 3.63) is 47.9 Å². The van der Waals surface area contributed by atoms with Crippen molar-refractivity contribution in [2.75, 3.05) is 18.4 Å². The zero-order valence-electron chi connectivity index (χ0n) is 16.5. The summed E-state index contributed by atoms with van der Waals surface area (Å²) in [4.78, 5) is 16.1. The number of amides is 1. The van der Waals surface area contributed by atoms with Gasteiger partial charge in [0, 0.05) is 23.8 Å². The van der Waals surface area contributed by atoms with Crippen LogP contribution >= 0.6 is 0 Å². The average molecular weight is 455 g/mol. The molecule has 1 aliphatic rings. The Bertz CT molecular complexity index is 1130. The number of halogens is 5. The maximum absolute atomic E-state index is 13.2.